The van der Waals surface area contributed by atoms with Gasteiger partial charge in [0.2, 0.25) is 0 Å². The van der Waals surface area contributed by atoms with Crippen LogP contribution in [0.4, 0.5) is 4.79 Å². The zero-order valence-corrected chi connectivity index (χ0v) is 8.81. The molecule has 0 N–H and O–H groups in total. The van der Waals surface area contributed by atoms with E-state index in [0.717, 1.165) is 0 Å². The molecule has 0 radical (unpaired) electrons. The van der Waals surface area contributed by atoms with E-state index in [1.54, 1.807) is 19.1 Å². The molecule has 1 aliphatic heterocycles. The van der Waals surface area contributed by atoms with Gasteiger partial charge in [-0.2, -0.15) is 5.10 Å². The first-order valence-electron chi connectivity index (χ1n) is 4.24. The lowest BCUT2D eigenvalue weighted by Crippen LogP contribution is -2.53. The van der Waals surface area contributed by atoms with Crippen molar-refractivity contribution in [1.82, 2.24) is 15.0 Å². The normalized spacial score (nSPS) is 17.5. The summed E-state index contributed by atoms with van der Waals surface area (Å²) in [7, 11) is 5.02. The Morgan fingerprint density at radius 1 is 1.50 bits per heavy atom. The third-order valence-corrected chi connectivity index (χ3v) is 1.96. The minimum absolute atomic E-state index is 0.115. The molecule has 0 aromatic carbocycles. The number of urea groups is 1. The topological polar surface area (TPSA) is 56.2 Å². The molecule has 0 spiro atoms. The summed E-state index contributed by atoms with van der Waals surface area (Å²) >= 11 is 0. The van der Waals surface area contributed by atoms with Crippen molar-refractivity contribution in [1.29, 1.82) is 0 Å². The SMILES string of the molecule is CC(=O)C1=NN(C)C(=O)N(N(C)C)C1. The van der Waals surface area contributed by atoms with Crippen LogP contribution in [0, 0.1) is 0 Å². The largest absolute Gasteiger partial charge is 0.355 e. The monoisotopic (exact) mass is 198 g/mol. The lowest BCUT2D eigenvalue weighted by atomic mass is 10.2. The second-order valence-electron chi connectivity index (χ2n) is 3.31. The van der Waals surface area contributed by atoms with Crippen LogP contribution in [0.5, 0.6) is 0 Å². The Bertz CT molecular complexity index is 298. The standard InChI is InChI=1S/C8H14N4O2/c1-6(13)7-5-12(10(2)3)8(14)11(4)9-7/h5H2,1-4H3. The predicted octanol–water partition coefficient (Wildman–Crippen LogP) is -0.225. The minimum atomic E-state index is -0.236. The average molecular weight is 198 g/mol. The van der Waals surface area contributed by atoms with Crippen LogP contribution in [0.3, 0.4) is 0 Å². The van der Waals surface area contributed by atoms with Crippen molar-refractivity contribution >= 4 is 17.5 Å². The molecule has 0 unspecified atom stereocenters. The van der Waals surface area contributed by atoms with Gasteiger partial charge in [-0.05, 0) is 0 Å². The highest BCUT2D eigenvalue weighted by atomic mass is 16.2. The molecular formula is C8H14N4O2. The molecule has 0 fully saturated rings. The van der Waals surface area contributed by atoms with E-state index in [0.29, 0.717) is 5.71 Å². The minimum Gasteiger partial charge on any atom is -0.293 e. The molecule has 0 aromatic rings. The third-order valence-electron chi connectivity index (χ3n) is 1.96. The Balaban J connectivity index is 2.92. The van der Waals surface area contributed by atoms with Gasteiger partial charge in [-0.1, -0.05) is 0 Å². The van der Waals surface area contributed by atoms with Crippen molar-refractivity contribution in [3.05, 3.63) is 0 Å². The first-order valence-corrected chi connectivity index (χ1v) is 4.24. The first-order chi connectivity index (χ1) is 6.43. The lowest BCUT2D eigenvalue weighted by Gasteiger charge is -2.34. The van der Waals surface area contributed by atoms with E-state index in [1.165, 1.54) is 24.0 Å². The first kappa shape index (κ1) is 10.6. The molecule has 2 amide bonds. The van der Waals surface area contributed by atoms with Crippen LogP contribution < -0.4 is 0 Å². The lowest BCUT2D eigenvalue weighted by molar-refractivity contribution is -0.111. The Labute approximate surface area is 82.7 Å². The van der Waals surface area contributed by atoms with Gasteiger partial charge in [0, 0.05) is 28.1 Å². The molecule has 0 atom stereocenters. The van der Waals surface area contributed by atoms with Gasteiger partial charge in [0.1, 0.15) is 5.71 Å². The number of amides is 2. The Hall–Kier alpha value is -1.43. The van der Waals surface area contributed by atoms with Crippen molar-refractivity contribution in [2.24, 2.45) is 5.10 Å². The Morgan fingerprint density at radius 2 is 2.07 bits per heavy atom. The van der Waals surface area contributed by atoms with Gasteiger partial charge in [0.15, 0.2) is 5.78 Å². The fourth-order valence-electron chi connectivity index (χ4n) is 1.13. The van der Waals surface area contributed by atoms with E-state index in [-0.39, 0.29) is 18.4 Å². The molecule has 1 rings (SSSR count). The number of hydrazine groups is 1. The summed E-state index contributed by atoms with van der Waals surface area (Å²) in [4.78, 5) is 22.6. The molecular weight excluding hydrogens is 184 g/mol. The van der Waals surface area contributed by atoms with Gasteiger partial charge in [-0.3, -0.25) is 4.79 Å². The van der Waals surface area contributed by atoms with Crippen LogP contribution in [0.2, 0.25) is 0 Å². The van der Waals surface area contributed by atoms with Gasteiger partial charge in [0.05, 0.1) is 6.54 Å². The number of hydrogen-bond acceptors (Lipinski definition) is 4. The molecule has 0 aromatic heterocycles. The number of hydrogen-bond donors (Lipinski definition) is 0. The van der Waals surface area contributed by atoms with Crippen LogP contribution in [0.15, 0.2) is 5.10 Å². The zero-order chi connectivity index (χ0) is 10.9. The van der Waals surface area contributed by atoms with Crippen molar-refractivity contribution < 1.29 is 9.59 Å². The highest BCUT2D eigenvalue weighted by molar-refractivity contribution is 6.40. The van der Waals surface area contributed by atoms with E-state index >= 15 is 0 Å². The van der Waals surface area contributed by atoms with Crippen molar-refractivity contribution in [2.45, 2.75) is 6.92 Å². The second kappa shape index (κ2) is 3.75. The number of ketones is 1. The molecule has 1 aliphatic rings. The number of carbonyl (C=O) groups is 2. The summed E-state index contributed by atoms with van der Waals surface area (Å²) < 4.78 is 0. The maximum Gasteiger partial charge on any atom is 0.355 e. The summed E-state index contributed by atoms with van der Waals surface area (Å²) in [5.74, 6) is -0.115. The summed E-state index contributed by atoms with van der Waals surface area (Å²) in [5.41, 5.74) is 0.390. The van der Waals surface area contributed by atoms with Gasteiger partial charge < -0.3 is 0 Å². The van der Waals surface area contributed by atoms with Gasteiger partial charge in [-0.25, -0.2) is 19.8 Å². The Kier molecular flexibility index (Phi) is 2.85. The van der Waals surface area contributed by atoms with E-state index in [1.807, 2.05) is 0 Å². The molecule has 6 nitrogen and oxygen atoms in total. The predicted molar refractivity (Wildman–Crippen MR) is 51.7 cm³/mol. The smallest absolute Gasteiger partial charge is 0.293 e. The van der Waals surface area contributed by atoms with Crippen LogP contribution in [0.25, 0.3) is 0 Å². The van der Waals surface area contributed by atoms with E-state index < -0.39 is 0 Å². The molecule has 0 saturated carbocycles. The molecule has 0 aliphatic carbocycles. The molecule has 78 valence electrons. The van der Waals surface area contributed by atoms with Crippen molar-refractivity contribution in [3.63, 3.8) is 0 Å². The highest BCUT2D eigenvalue weighted by Gasteiger charge is 2.28. The molecule has 6 heteroatoms. The average Bonchev–Trinajstić information content (AvgIpc) is 2.08. The number of nitrogens with zero attached hydrogens (tertiary/aromatic N) is 4. The second-order valence-corrected chi connectivity index (χ2v) is 3.31. The number of hydrazone groups is 1. The maximum absolute atomic E-state index is 11.5. The molecule has 0 saturated heterocycles. The quantitative estimate of drug-likeness (QED) is 0.616. The maximum atomic E-state index is 11.5. The van der Waals surface area contributed by atoms with Gasteiger partial charge in [-0.15, -0.1) is 0 Å². The molecule has 1 heterocycles. The van der Waals surface area contributed by atoms with Gasteiger partial charge >= 0.3 is 6.03 Å². The molecule has 0 bridgehead atoms. The van der Waals surface area contributed by atoms with E-state index in [4.69, 9.17) is 0 Å². The summed E-state index contributed by atoms with van der Waals surface area (Å²) in [6.07, 6.45) is 0. The summed E-state index contributed by atoms with van der Waals surface area (Å²) in [6, 6.07) is -0.236. The number of rotatable bonds is 2. The van der Waals surface area contributed by atoms with Crippen LogP contribution in [0.1, 0.15) is 6.92 Å². The summed E-state index contributed by atoms with van der Waals surface area (Å²) in [5, 5.41) is 8.13. The van der Waals surface area contributed by atoms with Crippen molar-refractivity contribution in [3.8, 4) is 0 Å². The van der Waals surface area contributed by atoms with Gasteiger partial charge in [0.25, 0.3) is 0 Å². The van der Waals surface area contributed by atoms with E-state index in [2.05, 4.69) is 5.10 Å². The zero-order valence-electron chi connectivity index (χ0n) is 8.81. The van der Waals surface area contributed by atoms with Crippen LogP contribution >= 0.6 is 0 Å². The van der Waals surface area contributed by atoms with Crippen LogP contribution in [-0.2, 0) is 4.79 Å². The van der Waals surface area contributed by atoms with E-state index in [9.17, 15) is 9.59 Å². The van der Waals surface area contributed by atoms with Crippen molar-refractivity contribution in [2.75, 3.05) is 27.7 Å². The highest BCUT2D eigenvalue weighted by Crippen LogP contribution is 2.07. The Morgan fingerprint density at radius 3 is 2.50 bits per heavy atom. The fraction of sp³-hybridized carbons (Fsp3) is 0.625. The molecule has 14 heavy (non-hydrogen) atoms. The third kappa shape index (κ3) is 1.90. The fourth-order valence-corrected chi connectivity index (χ4v) is 1.13. The summed E-state index contributed by atoms with van der Waals surface area (Å²) in [6.45, 7) is 1.68. The number of Topliss-reactive ketones (excluding diaryl/α,β-unsaturated/α-hetero) is 1. The van der Waals surface area contributed by atoms with Crippen LogP contribution in [-0.4, -0.2) is 60.2 Å². The number of carbonyl (C=O) groups excluding carboxylic acids is 2.